The highest BCUT2D eigenvalue weighted by Gasteiger charge is 2.37. The molecule has 0 aliphatic carbocycles. The van der Waals surface area contributed by atoms with Crippen molar-refractivity contribution >= 4 is 15.9 Å². The maximum Gasteiger partial charge on any atom is 0.119 e. The lowest BCUT2D eigenvalue weighted by atomic mass is 9.90. The summed E-state index contributed by atoms with van der Waals surface area (Å²) in [5.41, 5.74) is 6.05. The lowest BCUT2D eigenvalue weighted by Gasteiger charge is -2.27. The van der Waals surface area contributed by atoms with E-state index in [-0.39, 0.29) is 11.6 Å². The van der Waals surface area contributed by atoms with Crippen molar-refractivity contribution in [2.45, 2.75) is 31.4 Å². The Balaban J connectivity index is 1.81. The van der Waals surface area contributed by atoms with Crippen LogP contribution in [-0.4, -0.2) is 24.9 Å². The first-order valence-corrected chi connectivity index (χ1v) is 6.68. The van der Waals surface area contributed by atoms with Crippen LogP contribution in [0.1, 0.15) is 19.8 Å². The van der Waals surface area contributed by atoms with Gasteiger partial charge in [0.25, 0.3) is 0 Å². The summed E-state index contributed by atoms with van der Waals surface area (Å²) >= 11 is 3.39. The fraction of sp³-hybridized carbons (Fsp3) is 0.538. The molecule has 4 heteroatoms. The standard InChI is InChI=1S/C13H18BrNO2/c1-10-13(15,6-8-16-10)7-9-17-12-4-2-11(14)3-5-12/h2-5,10H,6-9,15H2,1H3. The normalized spacial score (nSPS) is 28.3. The molecule has 2 rings (SSSR count). The largest absolute Gasteiger partial charge is 0.494 e. The average Bonchev–Trinajstić information content (AvgIpc) is 2.63. The molecule has 3 nitrogen and oxygen atoms in total. The number of hydrogen-bond donors (Lipinski definition) is 1. The maximum absolute atomic E-state index is 6.28. The van der Waals surface area contributed by atoms with E-state index in [4.69, 9.17) is 15.2 Å². The number of halogens is 1. The van der Waals surface area contributed by atoms with Crippen molar-refractivity contribution in [3.05, 3.63) is 28.7 Å². The molecule has 0 amide bonds. The quantitative estimate of drug-likeness (QED) is 0.930. The zero-order valence-corrected chi connectivity index (χ0v) is 11.6. The predicted octanol–water partition coefficient (Wildman–Crippen LogP) is 2.72. The van der Waals surface area contributed by atoms with Crippen molar-refractivity contribution in [3.8, 4) is 5.75 Å². The summed E-state index contributed by atoms with van der Waals surface area (Å²) in [5.74, 6) is 0.878. The van der Waals surface area contributed by atoms with Crippen LogP contribution in [0.4, 0.5) is 0 Å². The minimum absolute atomic E-state index is 0.121. The lowest BCUT2D eigenvalue weighted by molar-refractivity contribution is 0.0874. The van der Waals surface area contributed by atoms with Gasteiger partial charge in [-0.3, -0.25) is 0 Å². The molecule has 0 saturated carbocycles. The fourth-order valence-electron chi connectivity index (χ4n) is 2.01. The first-order valence-electron chi connectivity index (χ1n) is 5.89. The van der Waals surface area contributed by atoms with Crippen LogP contribution in [-0.2, 0) is 4.74 Å². The van der Waals surface area contributed by atoms with E-state index in [1.165, 1.54) is 0 Å². The summed E-state index contributed by atoms with van der Waals surface area (Å²) in [7, 11) is 0. The molecule has 2 N–H and O–H groups in total. The van der Waals surface area contributed by atoms with Crippen LogP contribution in [0.2, 0.25) is 0 Å². The Hall–Kier alpha value is -0.580. The van der Waals surface area contributed by atoms with E-state index in [1.54, 1.807) is 0 Å². The Morgan fingerprint density at radius 3 is 2.76 bits per heavy atom. The summed E-state index contributed by atoms with van der Waals surface area (Å²) in [6.07, 6.45) is 1.86. The molecule has 1 aliphatic rings. The molecule has 2 unspecified atom stereocenters. The third-order valence-electron chi connectivity index (χ3n) is 3.39. The number of rotatable bonds is 4. The number of ether oxygens (including phenoxy) is 2. The molecule has 94 valence electrons. The van der Waals surface area contributed by atoms with Gasteiger partial charge in [-0.2, -0.15) is 0 Å². The van der Waals surface area contributed by atoms with Crippen molar-refractivity contribution in [2.24, 2.45) is 5.73 Å². The Bertz CT molecular complexity index is 368. The molecule has 0 aromatic heterocycles. The van der Waals surface area contributed by atoms with Gasteiger partial charge in [-0.05, 0) is 37.6 Å². The molecule has 1 aromatic carbocycles. The molecule has 1 saturated heterocycles. The van der Waals surface area contributed by atoms with Crippen LogP contribution in [0.3, 0.4) is 0 Å². The highest BCUT2D eigenvalue weighted by atomic mass is 79.9. The molecular formula is C13H18BrNO2. The molecule has 1 aliphatic heterocycles. The lowest BCUT2D eigenvalue weighted by Crippen LogP contribution is -2.47. The number of hydrogen-bond acceptors (Lipinski definition) is 3. The van der Waals surface area contributed by atoms with Crippen LogP contribution in [0.5, 0.6) is 5.75 Å². The van der Waals surface area contributed by atoms with Gasteiger partial charge < -0.3 is 15.2 Å². The molecular weight excluding hydrogens is 282 g/mol. The van der Waals surface area contributed by atoms with Crippen LogP contribution >= 0.6 is 15.9 Å². The van der Waals surface area contributed by atoms with Crippen LogP contribution in [0.25, 0.3) is 0 Å². The summed E-state index contributed by atoms with van der Waals surface area (Å²) < 4.78 is 12.2. The number of nitrogens with two attached hydrogens (primary N) is 1. The second-order valence-corrected chi connectivity index (χ2v) is 5.46. The number of benzene rings is 1. The first kappa shape index (κ1) is 12.9. The van der Waals surface area contributed by atoms with Gasteiger partial charge >= 0.3 is 0 Å². The Morgan fingerprint density at radius 2 is 2.18 bits per heavy atom. The van der Waals surface area contributed by atoms with Crippen LogP contribution < -0.4 is 10.5 Å². The van der Waals surface area contributed by atoms with Gasteiger partial charge in [0.15, 0.2) is 0 Å². The Kier molecular flexibility index (Phi) is 4.07. The van der Waals surface area contributed by atoms with E-state index in [1.807, 2.05) is 31.2 Å². The smallest absolute Gasteiger partial charge is 0.119 e. The van der Waals surface area contributed by atoms with Crippen LogP contribution in [0.15, 0.2) is 28.7 Å². The highest BCUT2D eigenvalue weighted by molar-refractivity contribution is 9.10. The van der Waals surface area contributed by atoms with Crippen molar-refractivity contribution in [1.82, 2.24) is 0 Å². The van der Waals surface area contributed by atoms with Crippen molar-refractivity contribution < 1.29 is 9.47 Å². The molecule has 0 bridgehead atoms. The first-order chi connectivity index (χ1) is 8.10. The van der Waals surface area contributed by atoms with E-state index in [0.717, 1.165) is 29.7 Å². The summed E-state index contributed by atoms with van der Waals surface area (Å²) in [6.45, 7) is 3.43. The van der Waals surface area contributed by atoms with Gasteiger partial charge in [-0.25, -0.2) is 0 Å². The zero-order chi connectivity index (χ0) is 12.3. The summed E-state index contributed by atoms with van der Waals surface area (Å²) in [6, 6.07) is 7.83. The summed E-state index contributed by atoms with van der Waals surface area (Å²) in [5, 5.41) is 0. The predicted molar refractivity (Wildman–Crippen MR) is 71.2 cm³/mol. The minimum Gasteiger partial charge on any atom is -0.494 e. The average molecular weight is 300 g/mol. The van der Waals surface area contributed by atoms with Crippen LogP contribution in [0, 0.1) is 0 Å². The van der Waals surface area contributed by atoms with E-state index in [2.05, 4.69) is 15.9 Å². The third-order valence-corrected chi connectivity index (χ3v) is 3.92. The fourth-order valence-corrected chi connectivity index (χ4v) is 2.28. The monoisotopic (exact) mass is 299 g/mol. The molecule has 1 fully saturated rings. The van der Waals surface area contributed by atoms with Crippen molar-refractivity contribution in [3.63, 3.8) is 0 Å². The van der Waals surface area contributed by atoms with Crippen molar-refractivity contribution in [2.75, 3.05) is 13.2 Å². The van der Waals surface area contributed by atoms with E-state index >= 15 is 0 Å². The summed E-state index contributed by atoms with van der Waals surface area (Å²) in [4.78, 5) is 0. The minimum atomic E-state index is -0.227. The molecule has 0 radical (unpaired) electrons. The van der Waals surface area contributed by atoms with E-state index < -0.39 is 0 Å². The second kappa shape index (κ2) is 5.38. The van der Waals surface area contributed by atoms with Crippen molar-refractivity contribution in [1.29, 1.82) is 0 Å². The molecule has 1 aromatic rings. The van der Waals surface area contributed by atoms with E-state index in [9.17, 15) is 0 Å². The highest BCUT2D eigenvalue weighted by Crippen LogP contribution is 2.26. The second-order valence-electron chi connectivity index (χ2n) is 4.55. The van der Waals surface area contributed by atoms with Gasteiger partial charge in [0.1, 0.15) is 5.75 Å². The Morgan fingerprint density at radius 1 is 1.47 bits per heavy atom. The van der Waals surface area contributed by atoms with Gasteiger partial charge in [0.05, 0.1) is 12.7 Å². The molecule has 17 heavy (non-hydrogen) atoms. The molecule has 0 spiro atoms. The third kappa shape index (κ3) is 3.21. The van der Waals surface area contributed by atoms with E-state index in [0.29, 0.717) is 6.61 Å². The van der Waals surface area contributed by atoms with Gasteiger partial charge in [0, 0.05) is 23.0 Å². The maximum atomic E-state index is 6.28. The van der Waals surface area contributed by atoms with Gasteiger partial charge in [-0.15, -0.1) is 0 Å². The molecule has 1 heterocycles. The SMILES string of the molecule is CC1OCCC1(N)CCOc1ccc(Br)cc1. The van der Waals surface area contributed by atoms with Gasteiger partial charge in [-0.1, -0.05) is 15.9 Å². The zero-order valence-electron chi connectivity index (χ0n) is 9.99. The topological polar surface area (TPSA) is 44.5 Å². The molecule has 2 atom stereocenters. The van der Waals surface area contributed by atoms with Gasteiger partial charge in [0.2, 0.25) is 0 Å². The Labute approximate surface area is 110 Å².